The third kappa shape index (κ3) is 27.3. The van der Waals surface area contributed by atoms with Crippen LogP contribution in [-0.4, -0.2) is 5.48 Å². The van der Waals surface area contributed by atoms with E-state index in [-0.39, 0.29) is 45.1 Å². The largest absolute Gasteiger partial charge is 0.412 e. The second-order valence-electron chi connectivity index (χ2n) is 0. The number of rotatable bonds is 0. The lowest BCUT2D eigenvalue weighted by Crippen LogP contribution is -0.289. The van der Waals surface area contributed by atoms with Gasteiger partial charge in [0, 0.05) is 0 Å². The summed E-state index contributed by atoms with van der Waals surface area (Å²) < 4.78 is 0. The van der Waals surface area contributed by atoms with Gasteiger partial charge in [-0.3, -0.25) is 0 Å². The van der Waals surface area contributed by atoms with Crippen molar-refractivity contribution >= 4 is 39.6 Å². The minimum absolute atomic E-state index is 0. The molecule has 0 spiro atoms. The van der Waals surface area contributed by atoms with Gasteiger partial charge in [-0.15, -0.1) is 0 Å². The Bertz CT molecular complexity index is 3.61. The van der Waals surface area contributed by atoms with Gasteiger partial charge >= 0.3 is 0 Å². The number of hydrogen-bond acceptors (Lipinski definition) is 0. The minimum Gasteiger partial charge on any atom is -0.412 e. The van der Waals surface area contributed by atoms with Crippen LogP contribution >= 0.6 is 39.6 Å². The summed E-state index contributed by atoms with van der Waals surface area (Å²) in [6, 6.07) is 0. The normalized spacial score (nSPS) is 0. The molecule has 0 saturated carbocycles. The maximum atomic E-state index is 0. The Morgan fingerprint density at radius 3 is 0.400 bits per heavy atom. The van der Waals surface area contributed by atoms with Crippen LogP contribution < -0.4 is 0 Å². The third-order valence-electron chi connectivity index (χ3n) is 0. The standard InChI is InChI=1S/H2O.4H3P/h1H2;4*1H3. The highest BCUT2D eigenvalue weighted by Gasteiger charge is -0.150. The van der Waals surface area contributed by atoms with Crippen molar-refractivity contribution in [2.24, 2.45) is 0 Å². The van der Waals surface area contributed by atoms with E-state index in [0.29, 0.717) is 0 Å². The third-order valence-corrected chi connectivity index (χ3v) is 0. The molecule has 40 valence electrons. The van der Waals surface area contributed by atoms with E-state index < -0.39 is 0 Å². The van der Waals surface area contributed by atoms with Crippen LogP contribution in [-0.2, 0) is 0 Å². The van der Waals surface area contributed by atoms with E-state index in [2.05, 4.69) is 0 Å². The van der Waals surface area contributed by atoms with Gasteiger partial charge in [0.2, 0.25) is 0 Å². The van der Waals surface area contributed by atoms with Crippen LogP contribution in [0.4, 0.5) is 0 Å². The second-order valence-corrected chi connectivity index (χ2v) is 0. The van der Waals surface area contributed by atoms with Crippen molar-refractivity contribution in [1.82, 2.24) is 0 Å². The van der Waals surface area contributed by atoms with Crippen LogP contribution in [0.25, 0.3) is 0 Å². The number of hydrogen-bond donors (Lipinski definition) is 0. The molecule has 0 aliphatic carbocycles. The zero-order valence-electron chi connectivity index (χ0n) is 3.33. The fraction of sp³-hybridized carbons (Fsp3) is 0. The van der Waals surface area contributed by atoms with Gasteiger partial charge in [-0.1, -0.05) is 0 Å². The molecule has 0 saturated heterocycles. The van der Waals surface area contributed by atoms with Crippen molar-refractivity contribution < 1.29 is 5.48 Å². The molecule has 1 nitrogen and oxygen atoms in total. The molecule has 0 rings (SSSR count). The van der Waals surface area contributed by atoms with E-state index >= 15 is 0 Å². The molecule has 2 N–H and O–H groups in total. The van der Waals surface area contributed by atoms with Gasteiger partial charge in [0.1, 0.15) is 0 Å². The fourth-order valence-electron chi connectivity index (χ4n) is 0. The van der Waals surface area contributed by atoms with Crippen LogP contribution in [0.5, 0.6) is 0 Å². The molecule has 0 aromatic carbocycles. The Hall–Kier alpha value is 1.68. The quantitative estimate of drug-likeness (QED) is 0.417. The van der Waals surface area contributed by atoms with Gasteiger partial charge in [-0.05, 0) is 0 Å². The summed E-state index contributed by atoms with van der Waals surface area (Å²) in [6.07, 6.45) is 0. The van der Waals surface area contributed by atoms with Crippen molar-refractivity contribution in [3.63, 3.8) is 0 Å². The first-order valence-electron chi connectivity index (χ1n) is 0. The highest BCUT2D eigenvalue weighted by atomic mass is 31.0. The Kier molecular flexibility index (Phi) is 673. The lowest BCUT2D eigenvalue weighted by atomic mass is 16.0. The average molecular weight is 154 g/mol. The molecule has 0 heterocycles. The molecule has 0 amide bonds. The molecular formula is H14OP4. The van der Waals surface area contributed by atoms with E-state index in [0.717, 1.165) is 0 Å². The molecular weight excluding hydrogens is 140 g/mol. The maximum Gasteiger partial charge on any atom is -0.153 e. The van der Waals surface area contributed by atoms with E-state index in [4.69, 9.17) is 0 Å². The van der Waals surface area contributed by atoms with Gasteiger partial charge < -0.3 is 5.48 Å². The molecule has 5 heavy (non-hydrogen) atoms. The minimum atomic E-state index is 0. The molecule has 0 aliphatic rings. The molecule has 0 aromatic rings. The monoisotopic (exact) mass is 154 g/mol. The SMILES string of the molecule is O.P.P.P.P. The first-order chi connectivity index (χ1) is 0. The maximum absolute atomic E-state index is 0. The van der Waals surface area contributed by atoms with Crippen LogP contribution in [0.1, 0.15) is 0 Å². The van der Waals surface area contributed by atoms with Crippen LogP contribution in [0.3, 0.4) is 0 Å². The van der Waals surface area contributed by atoms with Gasteiger partial charge in [0.05, 0.1) is 0 Å². The molecule has 0 aliphatic heterocycles. The van der Waals surface area contributed by atoms with Crippen LogP contribution in [0, 0.1) is 0 Å². The summed E-state index contributed by atoms with van der Waals surface area (Å²) in [5.41, 5.74) is 0. The van der Waals surface area contributed by atoms with Crippen molar-refractivity contribution in [2.75, 3.05) is 0 Å². The Morgan fingerprint density at radius 1 is 0.400 bits per heavy atom. The molecule has 0 aromatic heterocycles. The summed E-state index contributed by atoms with van der Waals surface area (Å²) in [6.45, 7) is 0. The van der Waals surface area contributed by atoms with Gasteiger partial charge in [-0.2, -0.15) is 39.6 Å². The summed E-state index contributed by atoms with van der Waals surface area (Å²) in [7, 11) is 0. The molecule has 4 atom stereocenters. The molecule has 5 heteroatoms. The van der Waals surface area contributed by atoms with Gasteiger partial charge in [-0.25, -0.2) is 0 Å². The van der Waals surface area contributed by atoms with Crippen LogP contribution in [0.2, 0.25) is 0 Å². The topological polar surface area (TPSA) is 31.5 Å². The van der Waals surface area contributed by atoms with E-state index in [1.54, 1.807) is 0 Å². The Balaban J connectivity index is 0. The van der Waals surface area contributed by atoms with Crippen LogP contribution in [0.15, 0.2) is 0 Å². The average Bonchev–Trinajstić information content (AvgIpc) is 0. The van der Waals surface area contributed by atoms with Crippen molar-refractivity contribution in [3.8, 4) is 0 Å². The summed E-state index contributed by atoms with van der Waals surface area (Å²) >= 11 is 0. The predicted molar refractivity (Wildman–Crippen MR) is 48.0 cm³/mol. The molecule has 4 unspecified atom stereocenters. The summed E-state index contributed by atoms with van der Waals surface area (Å²) in [4.78, 5) is 0. The van der Waals surface area contributed by atoms with E-state index in [9.17, 15) is 0 Å². The molecule has 0 radical (unpaired) electrons. The highest BCUT2D eigenvalue weighted by Crippen LogP contribution is 0.864. The van der Waals surface area contributed by atoms with E-state index in [1.165, 1.54) is 0 Å². The van der Waals surface area contributed by atoms with E-state index in [1.807, 2.05) is 0 Å². The lowest BCUT2D eigenvalue weighted by molar-refractivity contribution is 0.824. The molecule has 0 bridgehead atoms. The zero-order chi connectivity index (χ0) is 0. The fourth-order valence-corrected chi connectivity index (χ4v) is 0. The lowest BCUT2D eigenvalue weighted by Gasteiger charge is -0.412. The Labute approximate surface area is 45.9 Å². The van der Waals surface area contributed by atoms with Gasteiger partial charge in [0.15, 0.2) is 0 Å². The summed E-state index contributed by atoms with van der Waals surface area (Å²) in [5, 5.41) is 0. The first-order valence-corrected chi connectivity index (χ1v) is 0. The smallest absolute Gasteiger partial charge is 0.153 e. The predicted octanol–water partition coefficient (Wildman–Crippen LogP) is -0.592. The second kappa shape index (κ2) is 44.1. The van der Waals surface area contributed by atoms with Crippen molar-refractivity contribution in [1.29, 1.82) is 0 Å². The van der Waals surface area contributed by atoms with Crippen molar-refractivity contribution in [2.45, 2.75) is 0 Å². The molecule has 0 fully saturated rings. The summed E-state index contributed by atoms with van der Waals surface area (Å²) in [5.74, 6) is 0. The van der Waals surface area contributed by atoms with Crippen molar-refractivity contribution in [3.05, 3.63) is 0 Å². The van der Waals surface area contributed by atoms with Gasteiger partial charge in [0.25, 0.3) is 0 Å². The first kappa shape index (κ1) is 76.4. The Morgan fingerprint density at radius 2 is 0.400 bits per heavy atom. The highest BCUT2D eigenvalue weighted by molar-refractivity contribution is 6.92. The zero-order valence-corrected chi connectivity index (χ0v) is 8.99.